The highest BCUT2D eigenvalue weighted by Gasteiger charge is 2.27. The third-order valence-electron chi connectivity index (χ3n) is 6.11. The van der Waals surface area contributed by atoms with Crippen LogP contribution in [0.3, 0.4) is 0 Å². The number of hydrogen-bond donors (Lipinski definition) is 0. The van der Waals surface area contributed by atoms with Crippen molar-refractivity contribution in [2.24, 2.45) is 5.92 Å². The van der Waals surface area contributed by atoms with Crippen LogP contribution in [-0.4, -0.2) is 4.57 Å². The van der Waals surface area contributed by atoms with E-state index in [1.54, 1.807) is 11.1 Å². The third kappa shape index (κ3) is 2.95. The van der Waals surface area contributed by atoms with Crippen molar-refractivity contribution in [3.8, 4) is 0 Å². The number of para-hydroxylation sites is 1. The van der Waals surface area contributed by atoms with Crippen molar-refractivity contribution in [1.29, 1.82) is 0 Å². The molecule has 0 N–H and O–H groups in total. The molecule has 1 aromatic carbocycles. The molecule has 2 unspecified atom stereocenters. The lowest BCUT2D eigenvalue weighted by Crippen LogP contribution is -2.16. The Morgan fingerprint density at radius 1 is 1.22 bits per heavy atom. The molecule has 0 spiro atoms. The van der Waals surface area contributed by atoms with Crippen LogP contribution in [-0.2, 0) is 12.0 Å². The van der Waals surface area contributed by atoms with E-state index in [9.17, 15) is 0 Å². The van der Waals surface area contributed by atoms with E-state index in [2.05, 4.69) is 63.6 Å². The molecule has 2 atom stereocenters. The van der Waals surface area contributed by atoms with Gasteiger partial charge in [-0.25, -0.2) is 0 Å². The third-order valence-corrected chi connectivity index (χ3v) is 6.11. The van der Waals surface area contributed by atoms with Crippen molar-refractivity contribution in [1.82, 2.24) is 4.57 Å². The first-order valence-electron chi connectivity index (χ1n) is 9.60. The average Bonchev–Trinajstić information content (AvgIpc) is 2.89. The average molecular weight is 312 g/mol. The summed E-state index contributed by atoms with van der Waals surface area (Å²) in [6, 6.07) is 7.01. The van der Waals surface area contributed by atoms with Crippen LogP contribution in [0.25, 0.3) is 10.9 Å². The maximum Gasteiger partial charge on any atom is 0.0518 e. The van der Waals surface area contributed by atoms with E-state index in [0.29, 0.717) is 5.92 Å². The lowest BCUT2D eigenvalue weighted by Gasteiger charge is -2.25. The predicted octanol–water partition coefficient (Wildman–Crippen LogP) is 6.64. The minimum atomic E-state index is 0.262. The van der Waals surface area contributed by atoms with E-state index in [1.165, 1.54) is 49.6 Å². The van der Waals surface area contributed by atoms with E-state index < -0.39 is 0 Å². The molecule has 1 heteroatoms. The summed E-state index contributed by atoms with van der Waals surface area (Å²) < 4.78 is 2.58. The van der Waals surface area contributed by atoms with Crippen molar-refractivity contribution in [2.75, 3.05) is 0 Å². The van der Waals surface area contributed by atoms with Crippen LogP contribution >= 0.6 is 0 Å². The normalized spacial score (nSPS) is 22.1. The molecular weight excluding hydrogens is 278 g/mol. The second-order valence-corrected chi connectivity index (χ2v) is 8.31. The summed E-state index contributed by atoms with van der Waals surface area (Å²) in [6.45, 7) is 13.1. The van der Waals surface area contributed by atoms with Crippen LogP contribution < -0.4 is 0 Å². The first-order chi connectivity index (χ1) is 11.0. The summed E-state index contributed by atoms with van der Waals surface area (Å²) in [5.74, 6) is 1.53. The minimum absolute atomic E-state index is 0.262. The van der Waals surface area contributed by atoms with Crippen LogP contribution in [0, 0.1) is 5.92 Å². The van der Waals surface area contributed by atoms with Gasteiger partial charge in [0.2, 0.25) is 0 Å². The number of benzene rings is 1. The fraction of sp³-hybridized carbons (Fsp3) is 0.636. The fourth-order valence-corrected chi connectivity index (χ4v) is 4.70. The molecule has 126 valence electrons. The Balaban J connectivity index is 2.17. The topological polar surface area (TPSA) is 4.93 Å². The summed E-state index contributed by atoms with van der Waals surface area (Å²) >= 11 is 0. The zero-order valence-corrected chi connectivity index (χ0v) is 15.7. The zero-order valence-electron chi connectivity index (χ0n) is 15.7. The van der Waals surface area contributed by atoms with Crippen LogP contribution in [0.15, 0.2) is 24.4 Å². The molecule has 1 aliphatic heterocycles. The number of hydrogen-bond acceptors (Lipinski definition) is 0. The van der Waals surface area contributed by atoms with Gasteiger partial charge in [0.05, 0.1) is 5.52 Å². The molecule has 0 bridgehead atoms. The van der Waals surface area contributed by atoms with Gasteiger partial charge in [0, 0.05) is 18.1 Å². The lowest BCUT2D eigenvalue weighted by molar-refractivity contribution is 0.377. The smallest absolute Gasteiger partial charge is 0.0518 e. The predicted molar refractivity (Wildman–Crippen MR) is 101 cm³/mol. The van der Waals surface area contributed by atoms with Gasteiger partial charge in [-0.05, 0) is 47.6 Å². The van der Waals surface area contributed by atoms with E-state index in [1.807, 2.05) is 0 Å². The quantitative estimate of drug-likeness (QED) is 0.596. The van der Waals surface area contributed by atoms with Crippen molar-refractivity contribution in [3.63, 3.8) is 0 Å². The van der Waals surface area contributed by atoms with Gasteiger partial charge in [-0.1, -0.05) is 65.7 Å². The molecular formula is C22H33N. The van der Waals surface area contributed by atoms with E-state index >= 15 is 0 Å². The second-order valence-electron chi connectivity index (χ2n) is 8.31. The largest absolute Gasteiger partial charge is 0.347 e. The van der Waals surface area contributed by atoms with Gasteiger partial charge in [0.15, 0.2) is 0 Å². The van der Waals surface area contributed by atoms with Crippen molar-refractivity contribution in [3.05, 3.63) is 35.5 Å². The van der Waals surface area contributed by atoms with Crippen LogP contribution in [0.5, 0.6) is 0 Å². The Morgan fingerprint density at radius 3 is 2.70 bits per heavy atom. The molecule has 1 nitrogen and oxygen atoms in total. The molecule has 23 heavy (non-hydrogen) atoms. The summed E-state index contributed by atoms with van der Waals surface area (Å²) in [7, 11) is 0. The Hall–Kier alpha value is -1.24. The number of rotatable bonds is 4. The maximum atomic E-state index is 2.58. The molecule has 2 heterocycles. The Labute approximate surface area is 142 Å². The highest BCUT2D eigenvalue weighted by Crippen LogP contribution is 2.41. The molecule has 0 saturated heterocycles. The van der Waals surface area contributed by atoms with Crippen molar-refractivity contribution < 1.29 is 0 Å². The molecule has 1 aliphatic rings. The molecule has 2 aromatic rings. The second kappa shape index (κ2) is 6.34. The van der Waals surface area contributed by atoms with Crippen LogP contribution in [0.2, 0.25) is 0 Å². The van der Waals surface area contributed by atoms with Gasteiger partial charge in [-0.15, -0.1) is 0 Å². The zero-order chi connectivity index (χ0) is 16.6. The SMILES string of the molecule is CCCC(C)(C)c1cn2c3c(cccc13)C(C)CC(CC)CC2. The van der Waals surface area contributed by atoms with Gasteiger partial charge in [0.1, 0.15) is 0 Å². The van der Waals surface area contributed by atoms with Crippen LogP contribution in [0.4, 0.5) is 0 Å². The van der Waals surface area contributed by atoms with Gasteiger partial charge < -0.3 is 4.57 Å². The molecule has 3 rings (SSSR count). The Kier molecular flexibility index (Phi) is 4.58. The summed E-state index contributed by atoms with van der Waals surface area (Å²) in [5.41, 5.74) is 4.91. The van der Waals surface area contributed by atoms with Gasteiger partial charge in [-0.2, -0.15) is 0 Å². The van der Waals surface area contributed by atoms with Gasteiger partial charge in [0.25, 0.3) is 0 Å². The molecule has 1 aromatic heterocycles. The molecule has 0 saturated carbocycles. The van der Waals surface area contributed by atoms with E-state index in [-0.39, 0.29) is 5.41 Å². The molecule has 0 radical (unpaired) electrons. The van der Waals surface area contributed by atoms with Crippen molar-refractivity contribution in [2.45, 2.75) is 84.6 Å². The standard InChI is InChI=1S/C22H33N/c1-6-12-22(4,5)20-15-23-13-11-17(7-2)14-16(3)18-9-8-10-19(20)21(18)23/h8-10,15-17H,6-7,11-14H2,1-5H3. The maximum absolute atomic E-state index is 2.58. The highest BCUT2D eigenvalue weighted by atomic mass is 15.0. The van der Waals surface area contributed by atoms with Crippen molar-refractivity contribution >= 4 is 10.9 Å². The molecule has 0 aliphatic carbocycles. The van der Waals surface area contributed by atoms with Gasteiger partial charge >= 0.3 is 0 Å². The lowest BCUT2D eigenvalue weighted by atomic mass is 9.80. The first-order valence-corrected chi connectivity index (χ1v) is 9.60. The van der Waals surface area contributed by atoms with Gasteiger partial charge in [-0.3, -0.25) is 0 Å². The van der Waals surface area contributed by atoms with E-state index in [4.69, 9.17) is 0 Å². The van der Waals surface area contributed by atoms with E-state index in [0.717, 1.165) is 5.92 Å². The summed E-state index contributed by atoms with van der Waals surface area (Å²) in [5, 5.41) is 1.50. The Bertz CT molecular complexity index is 677. The highest BCUT2D eigenvalue weighted by molar-refractivity contribution is 5.88. The summed E-state index contributed by atoms with van der Waals surface area (Å²) in [6.07, 6.45) is 8.96. The summed E-state index contributed by atoms with van der Waals surface area (Å²) in [4.78, 5) is 0. The number of aryl methyl sites for hydroxylation is 1. The first kappa shape index (κ1) is 16.6. The number of aromatic nitrogens is 1. The monoisotopic (exact) mass is 311 g/mol. The van der Waals surface area contributed by atoms with Crippen LogP contribution in [0.1, 0.15) is 83.8 Å². The minimum Gasteiger partial charge on any atom is -0.347 e. The number of nitrogens with zero attached hydrogens (tertiary/aromatic N) is 1. The molecule has 0 amide bonds. The fourth-order valence-electron chi connectivity index (χ4n) is 4.70. The molecule has 0 fully saturated rings. The Morgan fingerprint density at radius 2 is 2.00 bits per heavy atom.